The smallest absolute Gasteiger partial charge is 0.347 e. The summed E-state index contributed by atoms with van der Waals surface area (Å²) in [5.41, 5.74) is 1.54. The lowest BCUT2D eigenvalue weighted by molar-refractivity contribution is 1.01. The van der Waals surface area contributed by atoms with Gasteiger partial charge in [-0.3, -0.25) is 4.98 Å². The van der Waals surface area contributed by atoms with Crippen molar-refractivity contribution >= 4 is 22.4 Å². The molecule has 6 nitrogen and oxygen atoms in total. The number of H-pyrrole nitrogens is 2. The number of hydrogen-bond acceptors (Lipinski definition) is 4. The molecule has 2 aromatic heterocycles. The summed E-state index contributed by atoms with van der Waals surface area (Å²) in [6.07, 6.45) is 1.85. The minimum absolute atomic E-state index is 0.187. The van der Waals surface area contributed by atoms with Crippen molar-refractivity contribution in [3.05, 3.63) is 52.7 Å². The Hall–Kier alpha value is -3.07. The van der Waals surface area contributed by atoms with Crippen LogP contribution in [0.25, 0.3) is 10.9 Å². The van der Waals surface area contributed by atoms with Crippen LogP contribution in [0.3, 0.4) is 0 Å². The van der Waals surface area contributed by atoms with E-state index in [-0.39, 0.29) is 5.69 Å². The third-order valence-corrected chi connectivity index (χ3v) is 3.12. The third kappa shape index (κ3) is 1.91. The van der Waals surface area contributed by atoms with Gasteiger partial charge >= 0.3 is 5.69 Å². The first kappa shape index (κ1) is 12.0. The van der Waals surface area contributed by atoms with Crippen molar-refractivity contribution in [3.63, 3.8) is 0 Å². The molecule has 0 aliphatic carbocycles. The number of para-hydroxylation sites is 1. The largest absolute Gasteiger partial charge is 0.359 e. The number of hydrogen-bond donors (Lipinski definition) is 2. The maximum absolute atomic E-state index is 11.5. The van der Waals surface area contributed by atoms with Gasteiger partial charge in [-0.2, -0.15) is 10.2 Å². The van der Waals surface area contributed by atoms with E-state index in [1.54, 1.807) is 18.0 Å². The van der Waals surface area contributed by atoms with Gasteiger partial charge in [0.1, 0.15) is 17.6 Å². The molecule has 3 aromatic rings. The van der Waals surface area contributed by atoms with Crippen molar-refractivity contribution in [3.8, 4) is 6.07 Å². The summed E-state index contributed by atoms with van der Waals surface area (Å²) >= 11 is 0. The van der Waals surface area contributed by atoms with E-state index >= 15 is 0 Å². The number of benzene rings is 1. The molecule has 1 aromatic carbocycles. The molecule has 0 unspecified atom stereocenters. The van der Waals surface area contributed by atoms with Crippen LogP contribution in [0.15, 0.2) is 41.3 Å². The van der Waals surface area contributed by atoms with Gasteiger partial charge in [0.15, 0.2) is 0 Å². The lowest BCUT2D eigenvalue weighted by atomic mass is 10.2. The minimum atomic E-state index is -0.536. The molecular weight excluding hydrogens is 254 g/mol. The standard InChI is InChI=1S/C14H11N5O/c1-19(13-6-9(7-15)17-14(20)18-13)12-8-16-11-5-3-2-4-10(11)12/h2-6,8,16H,1H3,(H,17,18,20). The molecule has 0 fully saturated rings. The molecule has 20 heavy (non-hydrogen) atoms. The van der Waals surface area contributed by atoms with Gasteiger partial charge in [-0.15, -0.1) is 0 Å². The monoisotopic (exact) mass is 265 g/mol. The number of aromatic amines is 2. The van der Waals surface area contributed by atoms with Gasteiger partial charge in [0, 0.05) is 30.2 Å². The lowest BCUT2D eigenvalue weighted by Gasteiger charge is -2.16. The Balaban J connectivity index is 2.13. The first-order valence-corrected chi connectivity index (χ1v) is 6.00. The van der Waals surface area contributed by atoms with Crippen LogP contribution in [-0.2, 0) is 0 Å². The molecule has 0 aliphatic rings. The maximum Gasteiger partial charge on any atom is 0.347 e. The Bertz CT molecular complexity index is 871. The van der Waals surface area contributed by atoms with Crippen LogP contribution in [0.2, 0.25) is 0 Å². The van der Waals surface area contributed by atoms with Crippen molar-refractivity contribution in [1.82, 2.24) is 15.0 Å². The Morgan fingerprint density at radius 1 is 1.35 bits per heavy atom. The van der Waals surface area contributed by atoms with Gasteiger partial charge < -0.3 is 9.88 Å². The second-order valence-corrected chi connectivity index (χ2v) is 4.35. The van der Waals surface area contributed by atoms with Gasteiger partial charge in [0.25, 0.3) is 0 Å². The van der Waals surface area contributed by atoms with E-state index in [1.807, 2.05) is 36.5 Å². The van der Waals surface area contributed by atoms with E-state index in [9.17, 15) is 4.79 Å². The average Bonchev–Trinajstić information content (AvgIpc) is 2.89. The first-order chi connectivity index (χ1) is 9.69. The maximum atomic E-state index is 11.5. The summed E-state index contributed by atoms with van der Waals surface area (Å²) in [5, 5.41) is 9.92. The van der Waals surface area contributed by atoms with Crippen molar-refractivity contribution in [1.29, 1.82) is 5.26 Å². The predicted molar refractivity (Wildman–Crippen MR) is 75.9 cm³/mol. The van der Waals surface area contributed by atoms with Crippen LogP contribution in [0, 0.1) is 11.3 Å². The van der Waals surface area contributed by atoms with E-state index in [4.69, 9.17) is 5.26 Å². The Kier molecular flexibility index (Phi) is 2.73. The molecule has 2 N–H and O–H groups in total. The van der Waals surface area contributed by atoms with Crippen LogP contribution in [0.4, 0.5) is 11.5 Å². The molecule has 0 saturated carbocycles. The summed E-state index contributed by atoms with van der Waals surface area (Å²) < 4.78 is 0. The lowest BCUT2D eigenvalue weighted by Crippen LogP contribution is -2.19. The SMILES string of the molecule is CN(c1cc(C#N)[nH]c(=O)n1)c1c[nH]c2ccccc12. The third-order valence-electron chi connectivity index (χ3n) is 3.12. The number of aromatic nitrogens is 3. The van der Waals surface area contributed by atoms with Gasteiger partial charge in [-0.05, 0) is 6.07 Å². The van der Waals surface area contributed by atoms with Crippen LogP contribution >= 0.6 is 0 Å². The fourth-order valence-corrected chi connectivity index (χ4v) is 2.13. The molecule has 0 spiro atoms. The number of nitrogens with zero attached hydrogens (tertiary/aromatic N) is 3. The number of rotatable bonds is 2. The number of anilines is 2. The molecule has 6 heteroatoms. The minimum Gasteiger partial charge on any atom is -0.359 e. The van der Waals surface area contributed by atoms with Crippen LogP contribution in [0.1, 0.15) is 5.69 Å². The molecule has 3 rings (SSSR count). The molecule has 0 radical (unpaired) electrons. The summed E-state index contributed by atoms with van der Waals surface area (Å²) in [5.74, 6) is 0.426. The summed E-state index contributed by atoms with van der Waals surface area (Å²) in [7, 11) is 1.80. The zero-order valence-electron chi connectivity index (χ0n) is 10.7. The molecule has 0 atom stereocenters. The van der Waals surface area contributed by atoms with E-state index in [0.29, 0.717) is 5.82 Å². The first-order valence-electron chi connectivity index (χ1n) is 6.00. The molecule has 2 heterocycles. The quantitative estimate of drug-likeness (QED) is 0.740. The fourth-order valence-electron chi connectivity index (χ4n) is 2.13. The summed E-state index contributed by atoms with van der Waals surface area (Å²) in [6.45, 7) is 0. The zero-order chi connectivity index (χ0) is 14.1. The summed E-state index contributed by atoms with van der Waals surface area (Å²) in [6, 6.07) is 11.3. The molecule has 0 saturated heterocycles. The highest BCUT2D eigenvalue weighted by Gasteiger charge is 2.12. The zero-order valence-corrected chi connectivity index (χ0v) is 10.7. The van der Waals surface area contributed by atoms with Crippen molar-refractivity contribution < 1.29 is 0 Å². The van der Waals surface area contributed by atoms with Crippen LogP contribution in [0.5, 0.6) is 0 Å². The van der Waals surface area contributed by atoms with Gasteiger partial charge in [0.2, 0.25) is 0 Å². The van der Waals surface area contributed by atoms with Gasteiger partial charge in [-0.1, -0.05) is 18.2 Å². The van der Waals surface area contributed by atoms with Crippen LogP contribution < -0.4 is 10.6 Å². The van der Waals surface area contributed by atoms with E-state index in [1.165, 1.54) is 0 Å². The predicted octanol–water partition coefficient (Wildman–Crippen LogP) is 1.89. The van der Waals surface area contributed by atoms with Crippen molar-refractivity contribution in [2.45, 2.75) is 0 Å². The van der Waals surface area contributed by atoms with Gasteiger partial charge in [0.05, 0.1) is 5.69 Å². The molecule has 0 amide bonds. The highest BCUT2D eigenvalue weighted by atomic mass is 16.1. The normalized spacial score (nSPS) is 10.4. The summed E-state index contributed by atoms with van der Waals surface area (Å²) in [4.78, 5) is 22.7. The van der Waals surface area contributed by atoms with E-state index in [2.05, 4.69) is 15.0 Å². The van der Waals surface area contributed by atoms with Gasteiger partial charge in [-0.25, -0.2) is 4.79 Å². The number of nitrogens with one attached hydrogen (secondary N) is 2. The topological polar surface area (TPSA) is 88.6 Å². The van der Waals surface area contributed by atoms with E-state index < -0.39 is 5.69 Å². The molecule has 98 valence electrons. The highest BCUT2D eigenvalue weighted by molar-refractivity contribution is 5.94. The molecule has 0 aliphatic heterocycles. The Labute approximate surface area is 114 Å². The number of nitriles is 1. The van der Waals surface area contributed by atoms with E-state index in [0.717, 1.165) is 16.6 Å². The molecular formula is C14H11N5O. The van der Waals surface area contributed by atoms with Crippen molar-refractivity contribution in [2.75, 3.05) is 11.9 Å². The molecule has 0 bridgehead atoms. The average molecular weight is 265 g/mol. The fraction of sp³-hybridized carbons (Fsp3) is 0.0714. The van der Waals surface area contributed by atoms with Crippen molar-refractivity contribution in [2.24, 2.45) is 0 Å². The number of fused-ring (bicyclic) bond motifs is 1. The Morgan fingerprint density at radius 3 is 2.95 bits per heavy atom. The second-order valence-electron chi connectivity index (χ2n) is 4.35. The Morgan fingerprint density at radius 2 is 2.15 bits per heavy atom. The second kappa shape index (κ2) is 4.55. The van der Waals surface area contributed by atoms with Crippen LogP contribution in [-0.4, -0.2) is 22.0 Å². The highest BCUT2D eigenvalue weighted by Crippen LogP contribution is 2.29.